The van der Waals surface area contributed by atoms with E-state index in [1.807, 2.05) is 13.8 Å². The van der Waals surface area contributed by atoms with Gasteiger partial charge in [-0.3, -0.25) is 0 Å². The van der Waals surface area contributed by atoms with Crippen molar-refractivity contribution in [3.05, 3.63) is 11.7 Å². The largest absolute Gasteiger partial charge is 0.379 e. The van der Waals surface area contributed by atoms with E-state index in [1.165, 1.54) is 0 Å². The fourth-order valence-corrected chi connectivity index (χ4v) is 1.88. The highest BCUT2D eigenvalue weighted by atomic mass is 16.5. The summed E-state index contributed by atoms with van der Waals surface area (Å²) >= 11 is 0. The zero-order valence-electron chi connectivity index (χ0n) is 11.0. The maximum absolute atomic E-state index is 6.12. The van der Waals surface area contributed by atoms with Gasteiger partial charge in [-0.2, -0.15) is 4.98 Å². The summed E-state index contributed by atoms with van der Waals surface area (Å²) < 4.78 is 10.6. The maximum atomic E-state index is 6.12. The van der Waals surface area contributed by atoms with Gasteiger partial charge in [-0.1, -0.05) is 19.0 Å². The van der Waals surface area contributed by atoms with E-state index in [1.54, 1.807) is 0 Å². The number of hydrogen-bond acceptors (Lipinski definition) is 5. The van der Waals surface area contributed by atoms with Crippen LogP contribution in [0.3, 0.4) is 0 Å². The normalized spacial score (nSPS) is 25.6. The molecule has 2 rings (SSSR count). The van der Waals surface area contributed by atoms with Crippen LogP contribution in [-0.2, 0) is 10.3 Å². The van der Waals surface area contributed by atoms with Gasteiger partial charge in [-0.25, -0.2) is 0 Å². The lowest BCUT2D eigenvalue weighted by Gasteiger charge is -2.19. The molecule has 1 aliphatic carbocycles. The van der Waals surface area contributed by atoms with E-state index in [0.717, 1.165) is 6.42 Å². The van der Waals surface area contributed by atoms with Crippen LogP contribution in [0.4, 0.5) is 0 Å². The fraction of sp³-hybridized carbons (Fsp3) is 0.833. The number of nitrogens with two attached hydrogens (primary N) is 1. The molecule has 0 amide bonds. The van der Waals surface area contributed by atoms with Crippen LogP contribution in [0.1, 0.15) is 51.7 Å². The molecule has 2 atom stereocenters. The van der Waals surface area contributed by atoms with Gasteiger partial charge in [0, 0.05) is 12.5 Å². The topological polar surface area (TPSA) is 74.2 Å². The van der Waals surface area contributed by atoms with E-state index in [-0.39, 0.29) is 5.41 Å². The average Bonchev–Trinajstić information content (AvgIpc) is 2.69. The molecule has 1 aromatic heterocycles. The highest BCUT2D eigenvalue weighted by Gasteiger charge is 2.50. The Bertz CT molecular complexity index is 398. The van der Waals surface area contributed by atoms with Crippen molar-refractivity contribution in [2.45, 2.75) is 45.6 Å². The van der Waals surface area contributed by atoms with E-state index < -0.39 is 5.54 Å². The van der Waals surface area contributed by atoms with Gasteiger partial charge < -0.3 is 15.0 Å². The number of rotatable bonds is 5. The molecule has 2 unspecified atom stereocenters. The van der Waals surface area contributed by atoms with E-state index >= 15 is 0 Å². The molecule has 0 aliphatic heterocycles. The van der Waals surface area contributed by atoms with Crippen LogP contribution in [0.2, 0.25) is 0 Å². The van der Waals surface area contributed by atoms with Crippen molar-refractivity contribution in [1.29, 1.82) is 0 Å². The highest BCUT2D eigenvalue weighted by molar-refractivity contribution is 5.14. The Morgan fingerprint density at radius 1 is 1.59 bits per heavy atom. The molecule has 17 heavy (non-hydrogen) atoms. The van der Waals surface area contributed by atoms with Gasteiger partial charge in [0.15, 0.2) is 5.82 Å². The SMILES string of the molecule is CCOCC(C)(N)c1noc(C2CC2(C)C)n1. The second kappa shape index (κ2) is 4.07. The van der Waals surface area contributed by atoms with E-state index in [0.29, 0.717) is 30.8 Å². The minimum absolute atomic E-state index is 0.286. The summed E-state index contributed by atoms with van der Waals surface area (Å²) in [5.74, 6) is 1.62. The van der Waals surface area contributed by atoms with Crippen molar-refractivity contribution < 1.29 is 9.26 Å². The van der Waals surface area contributed by atoms with E-state index in [2.05, 4.69) is 24.0 Å². The molecule has 1 saturated carbocycles. The quantitative estimate of drug-likeness (QED) is 0.848. The molecule has 1 heterocycles. The van der Waals surface area contributed by atoms with Gasteiger partial charge in [-0.05, 0) is 25.7 Å². The smallest absolute Gasteiger partial charge is 0.230 e. The first-order valence-electron chi connectivity index (χ1n) is 6.07. The monoisotopic (exact) mass is 239 g/mol. The molecule has 5 heteroatoms. The molecule has 0 spiro atoms. The van der Waals surface area contributed by atoms with Gasteiger partial charge in [0.2, 0.25) is 5.89 Å². The Morgan fingerprint density at radius 3 is 2.76 bits per heavy atom. The molecule has 96 valence electrons. The third-order valence-electron chi connectivity index (χ3n) is 3.37. The fourth-order valence-electron chi connectivity index (χ4n) is 1.88. The third kappa shape index (κ3) is 2.50. The van der Waals surface area contributed by atoms with Crippen LogP contribution < -0.4 is 5.73 Å². The minimum Gasteiger partial charge on any atom is -0.379 e. The molecule has 0 radical (unpaired) electrons. The molecule has 0 saturated heterocycles. The second-order valence-electron chi connectivity index (χ2n) is 5.76. The Morgan fingerprint density at radius 2 is 2.24 bits per heavy atom. The summed E-state index contributed by atoms with van der Waals surface area (Å²) in [7, 11) is 0. The molecule has 0 bridgehead atoms. The predicted molar refractivity (Wildman–Crippen MR) is 63.5 cm³/mol. The van der Waals surface area contributed by atoms with Crippen LogP contribution >= 0.6 is 0 Å². The minimum atomic E-state index is -0.684. The molecule has 1 fully saturated rings. The summed E-state index contributed by atoms with van der Waals surface area (Å²) in [6, 6.07) is 0. The van der Waals surface area contributed by atoms with Crippen LogP contribution in [0.25, 0.3) is 0 Å². The van der Waals surface area contributed by atoms with Crippen LogP contribution in [0, 0.1) is 5.41 Å². The Hall–Kier alpha value is -0.940. The first-order valence-corrected chi connectivity index (χ1v) is 6.07. The van der Waals surface area contributed by atoms with E-state index in [9.17, 15) is 0 Å². The molecule has 0 aromatic carbocycles. The van der Waals surface area contributed by atoms with Gasteiger partial charge >= 0.3 is 0 Å². The molecular weight excluding hydrogens is 218 g/mol. The lowest BCUT2D eigenvalue weighted by Crippen LogP contribution is -2.39. The summed E-state index contributed by atoms with van der Waals surface area (Å²) in [6.45, 7) is 9.22. The van der Waals surface area contributed by atoms with Gasteiger partial charge in [-0.15, -0.1) is 0 Å². The van der Waals surface area contributed by atoms with Crippen molar-refractivity contribution in [2.24, 2.45) is 11.1 Å². The van der Waals surface area contributed by atoms with Crippen molar-refractivity contribution >= 4 is 0 Å². The van der Waals surface area contributed by atoms with Crippen LogP contribution in [0.5, 0.6) is 0 Å². The van der Waals surface area contributed by atoms with Crippen molar-refractivity contribution in [2.75, 3.05) is 13.2 Å². The Balaban J connectivity index is 2.08. The lowest BCUT2D eigenvalue weighted by atomic mass is 10.1. The third-order valence-corrected chi connectivity index (χ3v) is 3.37. The summed E-state index contributed by atoms with van der Waals surface area (Å²) in [5, 5.41) is 3.98. The van der Waals surface area contributed by atoms with Crippen molar-refractivity contribution in [1.82, 2.24) is 10.1 Å². The second-order valence-corrected chi connectivity index (χ2v) is 5.76. The average molecular weight is 239 g/mol. The van der Waals surface area contributed by atoms with Crippen LogP contribution in [0.15, 0.2) is 4.52 Å². The standard InChI is InChI=1S/C12H21N3O2/c1-5-16-7-12(4,13)10-14-9(17-15-10)8-6-11(8,2)3/h8H,5-7,13H2,1-4H3. The Labute approximate surface area is 102 Å². The van der Waals surface area contributed by atoms with Crippen molar-refractivity contribution in [3.63, 3.8) is 0 Å². The first kappa shape index (κ1) is 12.5. The molecule has 5 nitrogen and oxygen atoms in total. The first-order chi connectivity index (χ1) is 7.87. The zero-order chi connectivity index (χ0) is 12.7. The van der Waals surface area contributed by atoms with Gasteiger partial charge in [0.05, 0.1) is 6.61 Å². The molecule has 1 aliphatic rings. The number of aromatic nitrogens is 2. The highest BCUT2D eigenvalue weighted by Crippen LogP contribution is 2.58. The van der Waals surface area contributed by atoms with Crippen molar-refractivity contribution in [3.8, 4) is 0 Å². The summed E-state index contributed by atoms with van der Waals surface area (Å²) in [5.41, 5.74) is 5.72. The molecule has 2 N–H and O–H groups in total. The van der Waals surface area contributed by atoms with Crippen LogP contribution in [-0.4, -0.2) is 23.4 Å². The summed E-state index contributed by atoms with van der Waals surface area (Å²) in [4.78, 5) is 4.41. The number of nitrogens with zero attached hydrogens (tertiary/aromatic N) is 2. The molecule has 1 aromatic rings. The Kier molecular flexibility index (Phi) is 2.99. The van der Waals surface area contributed by atoms with E-state index in [4.69, 9.17) is 15.0 Å². The number of ether oxygens (including phenoxy) is 1. The number of hydrogen-bond donors (Lipinski definition) is 1. The maximum Gasteiger partial charge on any atom is 0.230 e. The molecular formula is C12H21N3O2. The summed E-state index contributed by atoms with van der Waals surface area (Å²) in [6.07, 6.45) is 1.10. The lowest BCUT2D eigenvalue weighted by molar-refractivity contribution is 0.0962. The van der Waals surface area contributed by atoms with Gasteiger partial charge in [0.25, 0.3) is 0 Å². The van der Waals surface area contributed by atoms with Gasteiger partial charge in [0.1, 0.15) is 5.54 Å². The zero-order valence-corrected chi connectivity index (χ0v) is 11.0. The predicted octanol–water partition coefficient (Wildman–Crippen LogP) is 1.79.